The van der Waals surface area contributed by atoms with E-state index in [2.05, 4.69) is 5.32 Å². The van der Waals surface area contributed by atoms with Gasteiger partial charge in [0.15, 0.2) is 6.61 Å². The number of hydrogen-bond donors (Lipinski definition) is 1. The van der Waals surface area contributed by atoms with Crippen LogP contribution < -0.4 is 14.8 Å². The number of nitrogens with one attached hydrogen (secondary N) is 1. The molecule has 0 aromatic heterocycles. The molecule has 1 saturated heterocycles. The number of carbonyl (C=O) groups excluding carboxylic acids is 4. The van der Waals surface area contributed by atoms with Gasteiger partial charge >= 0.3 is 5.97 Å². The average molecular weight is 382 g/mol. The van der Waals surface area contributed by atoms with Crippen molar-refractivity contribution in [1.82, 2.24) is 10.2 Å². The van der Waals surface area contributed by atoms with Gasteiger partial charge in [-0.1, -0.05) is 11.8 Å². The minimum atomic E-state index is -0.721. The van der Waals surface area contributed by atoms with Gasteiger partial charge in [-0.2, -0.15) is 0 Å². The lowest BCUT2D eigenvalue weighted by molar-refractivity contribution is -0.126. The zero-order valence-corrected chi connectivity index (χ0v) is 15.1. The predicted molar refractivity (Wildman–Crippen MR) is 92.4 cm³/mol. The maximum Gasteiger partial charge on any atom is 0.342 e. The highest BCUT2D eigenvalue weighted by Gasteiger charge is 2.29. The van der Waals surface area contributed by atoms with Crippen molar-refractivity contribution < 1.29 is 33.4 Å². The number of imide groups is 1. The largest absolute Gasteiger partial charge is 0.497 e. The van der Waals surface area contributed by atoms with E-state index in [9.17, 15) is 19.2 Å². The number of carbonyl (C=O) groups is 4. The van der Waals surface area contributed by atoms with Gasteiger partial charge in [0.05, 0.1) is 20.0 Å². The molecular formula is C16H18N2O7S. The van der Waals surface area contributed by atoms with Crippen molar-refractivity contribution >= 4 is 34.8 Å². The topological polar surface area (TPSA) is 111 Å². The Hall–Kier alpha value is -2.75. The van der Waals surface area contributed by atoms with E-state index < -0.39 is 18.5 Å². The van der Waals surface area contributed by atoms with Crippen molar-refractivity contribution in [3.63, 3.8) is 0 Å². The van der Waals surface area contributed by atoms with Gasteiger partial charge in [-0.25, -0.2) is 4.79 Å². The lowest BCUT2D eigenvalue weighted by Gasteiger charge is -2.13. The van der Waals surface area contributed by atoms with Gasteiger partial charge in [0.1, 0.15) is 17.1 Å². The fraction of sp³-hybridized carbons (Fsp3) is 0.375. The van der Waals surface area contributed by atoms with Gasteiger partial charge in [-0.05, 0) is 12.1 Å². The molecule has 0 atom stereocenters. The lowest BCUT2D eigenvalue weighted by atomic mass is 10.2. The average Bonchev–Trinajstić information content (AvgIpc) is 2.97. The summed E-state index contributed by atoms with van der Waals surface area (Å²) in [5.74, 6) is -0.655. The smallest absolute Gasteiger partial charge is 0.342 e. The van der Waals surface area contributed by atoms with Crippen molar-refractivity contribution in [2.45, 2.75) is 0 Å². The summed E-state index contributed by atoms with van der Waals surface area (Å²) in [6.07, 6.45) is 0. The number of esters is 1. The molecule has 10 heteroatoms. The Morgan fingerprint density at radius 3 is 2.62 bits per heavy atom. The van der Waals surface area contributed by atoms with Crippen molar-refractivity contribution in [3.05, 3.63) is 23.8 Å². The Morgan fingerprint density at radius 2 is 2.00 bits per heavy atom. The standard InChI is InChI=1S/C16H18N2O7S/c1-23-10-3-4-11(12(7-10)24-2)15(21)25-8-13(19)17-5-6-18-14(20)9-26-16(18)22/h3-4,7H,5-6,8-9H2,1-2H3,(H,17,19). The van der Waals surface area contributed by atoms with Gasteiger partial charge in [-0.15, -0.1) is 0 Å². The highest BCUT2D eigenvalue weighted by atomic mass is 32.2. The summed E-state index contributed by atoms with van der Waals surface area (Å²) in [7, 11) is 2.89. The van der Waals surface area contributed by atoms with Crippen LogP contribution in [0.15, 0.2) is 18.2 Å². The number of ether oxygens (including phenoxy) is 3. The van der Waals surface area contributed by atoms with Gasteiger partial charge < -0.3 is 19.5 Å². The van der Waals surface area contributed by atoms with Gasteiger partial charge in [0, 0.05) is 19.2 Å². The van der Waals surface area contributed by atoms with Gasteiger partial charge in [0.25, 0.3) is 11.1 Å². The van der Waals surface area contributed by atoms with Gasteiger partial charge in [-0.3, -0.25) is 19.3 Å². The molecule has 1 heterocycles. The van der Waals surface area contributed by atoms with Gasteiger partial charge in [0.2, 0.25) is 5.91 Å². The van der Waals surface area contributed by atoms with E-state index in [1.165, 1.54) is 26.4 Å². The lowest BCUT2D eigenvalue weighted by Crippen LogP contribution is -2.38. The maximum atomic E-state index is 12.1. The van der Waals surface area contributed by atoms with Crippen LogP contribution in [0.25, 0.3) is 0 Å². The number of benzene rings is 1. The van der Waals surface area contributed by atoms with Crippen LogP contribution in [0.2, 0.25) is 0 Å². The molecule has 0 spiro atoms. The number of nitrogens with zero attached hydrogens (tertiary/aromatic N) is 1. The molecule has 0 aliphatic carbocycles. The number of rotatable bonds is 8. The highest BCUT2D eigenvalue weighted by Crippen LogP contribution is 2.25. The van der Waals surface area contributed by atoms with E-state index >= 15 is 0 Å². The molecule has 2 rings (SSSR count). The molecule has 140 valence electrons. The third-order valence-corrected chi connectivity index (χ3v) is 4.32. The maximum absolute atomic E-state index is 12.1. The third kappa shape index (κ3) is 4.88. The quantitative estimate of drug-likeness (QED) is 0.653. The summed E-state index contributed by atoms with van der Waals surface area (Å²) in [5.41, 5.74) is 0.159. The molecule has 1 aliphatic rings. The predicted octanol–water partition coefficient (Wildman–Crippen LogP) is 0.672. The molecule has 0 saturated carbocycles. The SMILES string of the molecule is COc1ccc(C(=O)OCC(=O)NCCN2C(=O)CSC2=O)c(OC)c1. The minimum Gasteiger partial charge on any atom is -0.497 e. The summed E-state index contributed by atoms with van der Waals surface area (Å²) in [6, 6.07) is 4.57. The molecule has 0 unspecified atom stereocenters. The second kappa shape index (κ2) is 9.09. The number of hydrogen-bond acceptors (Lipinski definition) is 8. The Morgan fingerprint density at radius 1 is 1.23 bits per heavy atom. The van der Waals surface area contributed by atoms with Crippen LogP contribution in [0.1, 0.15) is 10.4 Å². The first-order valence-electron chi connectivity index (χ1n) is 7.59. The zero-order chi connectivity index (χ0) is 19.1. The Labute approximate surface area is 153 Å². The van der Waals surface area contributed by atoms with E-state index in [0.29, 0.717) is 5.75 Å². The highest BCUT2D eigenvalue weighted by molar-refractivity contribution is 8.14. The van der Waals surface area contributed by atoms with Crippen LogP contribution in [-0.4, -0.2) is 67.6 Å². The first-order chi connectivity index (χ1) is 12.5. The first-order valence-corrected chi connectivity index (χ1v) is 8.57. The van der Waals surface area contributed by atoms with Crippen LogP contribution in [-0.2, 0) is 14.3 Å². The van der Waals surface area contributed by atoms with E-state index in [4.69, 9.17) is 14.2 Å². The molecule has 9 nitrogen and oxygen atoms in total. The molecule has 0 radical (unpaired) electrons. The molecule has 3 amide bonds. The number of methoxy groups -OCH3 is 2. The molecular weight excluding hydrogens is 364 g/mol. The third-order valence-electron chi connectivity index (χ3n) is 3.46. The van der Waals surface area contributed by atoms with Crippen LogP contribution in [0.3, 0.4) is 0 Å². The molecule has 1 aromatic rings. The monoisotopic (exact) mass is 382 g/mol. The minimum absolute atomic E-state index is 0.0800. The van der Waals surface area contributed by atoms with E-state index in [1.54, 1.807) is 6.07 Å². The second-order valence-electron chi connectivity index (χ2n) is 5.09. The van der Waals surface area contributed by atoms with Crippen molar-refractivity contribution in [3.8, 4) is 11.5 Å². The number of thioether (sulfide) groups is 1. The molecule has 0 bridgehead atoms. The van der Waals surface area contributed by atoms with Crippen LogP contribution in [0.5, 0.6) is 11.5 Å². The normalized spacial score (nSPS) is 13.5. The molecule has 1 aliphatic heterocycles. The summed E-state index contributed by atoms with van der Waals surface area (Å²) >= 11 is 0.925. The zero-order valence-electron chi connectivity index (χ0n) is 14.3. The Bertz CT molecular complexity index is 707. The summed E-state index contributed by atoms with van der Waals surface area (Å²) in [4.78, 5) is 47.7. The molecule has 1 aromatic carbocycles. The van der Waals surface area contributed by atoms with E-state index in [0.717, 1.165) is 16.7 Å². The van der Waals surface area contributed by atoms with Crippen molar-refractivity contribution in [2.75, 3.05) is 39.7 Å². The van der Waals surface area contributed by atoms with Crippen LogP contribution in [0.4, 0.5) is 4.79 Å². The first kappa shape index (κ1) is 19.6. The molecule has 1 fully saturated rings. The molecule has 1 N–H and O–H groups in total. The van der Waals surface area contributed by atoms with Crippen molar-refractivity contribution in [2.24, 2.45) is 0 Å². The molecule has 26 heavy (non-hydrogen) atoms. The van der Waals surface area contributed by atoms with E-state index in [1.807, 2.05) is 0 Å². The second-order valence-corrected chi connectivity index (χ2v) is 6.02. The Kier molecular flexibility index (Phi) is 6.84. The van der Waals surface area contributed by atoms with Crippen molar-refractivity contribution in [1.29, 1.82) is 0 Å². The Balaban J connectivity index is 1.79. The summed E-state index contributed by atoms with van der Waals surface area (Å²) in [5, 5.41) is 2.15. The van der Waals surface area contributed by atoms with Crippen LogP contribution in [0, 0.1) is 0 Å². The fourth-order valence-electron chi connectivity index (χ4n) is 2.13. The van der Waals surface area contributed by atoms with E-state index in [-0.39, 0.29) is 41.3 Å². The fourth-order valence-corrected chi connectivity index (χ4v) is 2.88. The number of amides is 3. The summed E-state index contributed by atoms with van der Waals surface area (Å²) in [6.45, 7) is -0.332. The van der Waals surface area contributed by atoms with Crippen LogP contribution >= 0.6 is 11.8 Å². The summed E-state index contributed by atoms with van der Waals surface area (Å²) < 4.78 is 15.1.